The summed E-state index contributed by atoms with van der Waals surface area (Å²) in [4.78, 5) is 0. The van der Waals surface area contributed by atoms with Crippen molar-refractivity contribution in [3.8, 4) is 11.5 Å². The lowest BCUT2D eigenvalue weighted by Crippen LogP contribution is -2.00. The summed E-state index contributed by atoms with van der Waals surface area (Å²) in [6.45, 7) is 0. The van der Waals surface area contributed by atoms with Gasteiger partial charge in [0, 0.05) is 11.3 Å². The molecule has 72 valence electrons. The molecule has 2 aromatic rings. The third kappa shape index (κ3) is 1.09. The van der Waals surface area contributed by atoms with Crippen molar-refractivity contribution in [2.24, 2.45) is 0 Å². The van der Waals surface area contributed by atoms with Crippen LogP contribution in [0.3, 0.4) is 0 Å². The van der Waals surface area contributed by atoms with E-state index < -0.39 is 0 Å². The molecular weight excluding hydrogens is 176 g/mol. The number of nitrogens with zero attached hydrogens (tertiary/aromatic N) is 1. The van der Waals surface area contributed by atoms with E-state index in [2.05, 4.69) is 10.2 Å². The molecule has 2 aromatic heterocycles. The van der Waals surface area contributed by atoms with Gasteiger partial charge in [-0.1, -0.05) is 0 Å². The van der Waals surface area contributed by atoms with Gasteiger partial charge in [0.2, 0.25) is 0 Å². The van der Waals surface area contributed by atoms with Crippen molar-refractivity contribution in [1.29, 1.82) is 0 Å². The molecule has 1 N–H and O–H groups in total. The van der Waals surface area contributed by atoms with Crippen molar-refractivity contribution in [3.63, 3.8) is 0 Å². The van der Waals surface area contributed by atoms with Gasteiger partial charge in [0.25, 0.3) is 0 Å². The fourth-order valence-electron chi connectivity index (χ4n) is 2.10. The quantitative estimate of drug-likeness (QED) is 0.747. The highest BCUT2D eigenvalue weighted by Gasteiger charge is 2.18. The van der Waals surface area contributed by atoms with Gasteiger partial charge in [-0.3, -0.25) is 5.10 Å². The van der Waals surface area contributed by atoms with Gasteiger partial charge in [-0.2, -0.15) is 5.10 Å². The molecule has 0 bridgehead atoms. The molecule has 0 aromatic carbocycles. The molecule has 3 heteroatoms. The maximum Gasteiger partial charge on any atom is 0.154 e. The van der Waals surface area contributed by atoms with Gasteiger partial charge in [0.05, 0.1) is 6.26 Å². The van der Waals surface area contributed by atoms with Crippen molar-refractivity contribution in [2.45, 2.75) is 25.7 Å². The lowest BCUT2D eigenvalue weighted by molar-refractivity contribution is 0.578. The molecule has 0 saturated carbocycles. The predicted octanol–water partition coefficient (Wildman–Crippen LogP) is 2.55. The third-order valence-corrected chi connectivity index (χ3v) is 2.81. The molecule has 0 aliphatic heterocycles. The SMILES string of the molecule is c1coc(-c2n[nH]c3c2CCCC3)c1. The van der Waals surface area contributed by atoms with Crippen LogP contribution in [0.2, 0.25) is 0 Å². The Bertz CT molecular complexity index is 428. The van der Waals surface area contributed by atoms with E-state index in [1.54, 1.807) is 6.26 Å². The van der Waals surface area contributed by atoms with Crippen LogP contribution in [-0.4, -0.2) is 10.2 Å². The minimum Gasteiger partial charge on any atom is -0.463 e. The van der Waals surface area contributed by atoms with E-state index in [1.165, 1.54) is 24.1 Å². The zero-order valence-corrected chi connectivity index (χ0v) is 7.92. The van der Waals surface area contributed by atoms with Crippen LogP contribution < -0.4 is 0 Å². The monoisotopic (exact) mass is 188 g/mol. The maximum absolute atomic E-state index is 5.36. The van der Waals surface area contributed by atoms with Crippen molar-refractivity contribution < 1.29 is 4.42 Å². The Labute approximate surface area is 82.1 Å². The minimum absolute atomic E-state index is 0.879. The average molecular weight is 188 g/mol. The Morgan fingerprint density at radius 3 is 3.07 bits per heavy atom. The van der Waals surface area contributed by atoms with Crippen molar-refractivity contribution in [3.05, 3.63) is 29.7 Å². The summed E-state index contributed by atoms with van der Waals surface area (Å²) in [7, 11) is 0. The summed E-state index contributed by atoms with van der Waals surface area (Å²) in [5, 5.41) is 7.43. The molecule has 0 atom stereocenters. The summed E-state index contributed by atoms with van der Waals surface area (Å²) >= 11 is 0. The molecule has 0 saturated heterocycles. The standard InChI is InChI=1S/C11H12N2O/c1-2-5-9-8(4-1)11(13-12-9)10-6-3-7-14-10/h3,6-7H,1-2,4-5H2,(H,12,13). The highest BCUT2D eigenvalue weighted by Crippen LogP contribution is 2.29. The first-order valence-electron chi connectivity index (χ1n) is 5.05. The lowest BCUT2D eigenvalue weighted by Gasteiger charge is -2.09. The summed E-state index contributed by atoms with van der Waals surface area (Å²) in [6, 6.07) is 3.87. The second-order valence-corrected chi connectivity index (χ2v) is 3.71. The van der Waals surface area contributed by atoms with Crippen LogP contribution in [0.15, 0.2) is 22.8 Å². The van der Waals surface area contributed by atoms with Gasteiger partial charge >= 0.3 is 0 Å². The zero-order valence-electron chi connectivity index (χ0n) is 7.92. The van der Waals surface area contributed by atoms with E-state index in [4.69, 9.17) is 4.42 Å². The number of hydrogen-bond donors (Lipinski definition) is 1. The minimum atomic E-state index is 0.879. The number of hydrogen-bond acceptors (Lipinski definition) is 2. The summed E-state index contributed by atoms with van der Waals surface area (Å²) in [6.07, 6.45) is 6.48. The number of H-pyrrole nitrogens is 1. The lowest BCUT2D eigenvalue weighted by atomic mass is 9.95. The zero-order chi connectivity index (χ0) is 9.38. The fourth-order valence-corrected chi connectivity index (χ4v) is 2.10. The van der Waals surface area contributed by atoms with Crippen LogP contribution >= 0.6 is 0 Å². The molecule has 14 heavy (non-hydrogen) atoms. The number of rotatable bonds is 1. The Morgan fingerprint density at radius 2 is 2.21 bits per heavy atom. The van der Waals surface area contributed by atoms with E-state index in [1.807, 2.05) is 12.1 Å². The second kappa shape index (κ2) is 3.01. The van der Waals surface area contributed by atoms with Crippen LogP contribution in [-0.2, 0) is 12.8 Å². The molecule has 1 aliphatic rings. The smallest absolute Gasteiger partial charge is 0.154 e. The second-order valence-electron chi connectivity index (χ2n) is 3.71. The Kier molecular flexibility index (Phi) is 1.69. The van der Waals surface area contributed by atoms with E-state index in [9.17, 15) is 0 Å². The average Bonchev–Trinajstić information content (AvgIpc) is 2.85. The van der Waals surface area contributed by atoms with Crippen LogP contribution in [0, 0.1) is 0 Å². The molecule has 1 aliphatic carbocycles. The number of nitrogens with one attached hydrogen (secondary N) is 1. The molecule has 3 rings (SSSR count). The number of aryl methyl sites for hydroxylation is 1. The number of aromatic amines is 1. The summed E-state index contributed by atoms with van der Waals surface area (Å²) in [5.74, 6) is 0.879. The molecule has 0 amide bonds. The Balaban J connectivity index is 2.11. The van der Waals surface area contributed by atoms with Crippen LogP contribution in [0.4, 0.5) is 0 Å². The largest absolute Gasteiger partial charge is 0.463 e. The fraction of sp³-hybridized carbons (Fsp3) is 0.364. The van der Waals surface area contributed by atoms with Gasteiger partial charge in [0.15, 0.2) is 5.76 Å². The van der Waals surface area contributed by atoms with Gasteiger partial charge in [0.1, 0.15) is 5.69 Å². The van der Waals surface area contributed by atoms with Crippen LogP contribution in [0.1, 0.15) is 24.1 Å². The summed E-state index contributed by atoms with van der Waals surface area (Å²) < 4.78 is 5.36. The molecular formula is C11H12N2O. The van der Waals surface area contributed by atoms with Crippen molar-refractivity contribution in [1.82, 2.24) is 10.2 Å². The van der Waals surface area contributed by atoms with E-state index in [-0.39, 0.29) is 0 Å². The van der Waals surface area contributed by atoms with Crippen molar-refractivity contribution >= 4 is 0 Å². The highest BCUT2D eigenvalue weighted by molar-refractivity contribution is 5.58. The topological polar surface area (TPSA) is 41.8 Å². The normalized spacial score (nSPS) is 15.4. The molecule has 0 radical (unpaired) electrons. The number of aromatic nitrogens is 2. The Morgan fingerprint density at radius 1 is 1.29 bits per heavy atom. The van der Waals surface area contributed by atoms with Gasteiger partial charge in [-0.05, 0) is 37.8 Å². The first kappa shape index (κ1) is 7.85. The number of fused-ring (bicyclic) bond motifs is 1. The maximum atomic E-state index is 5.36. The van der Waals surface area contributed by atoms with E-state index >= 15 is 0 Å². The van der Waals surface area contributed by atoms with Gasteiger partial charge in [-0.25, -0.2) is 0 Å². The van der Waals surface area contributed by atoms with Crippen molar-refractivity contribution in [2.75, 3.05) is 0 Å². The molecule has 0 unspecified atom stereocenters. The molecule has 2 heterocycles. The number of furan rings is 1. The van der Waals surface area contributed by atoms with E-state index in [0.29, 0.717) is 0 Å². The molecule has 0 spiro atoms. The van der Waals surface area contributed by atoms with Crippen LogP contribution in [0.25, 0.3) is 11.5 Å². The molecule has 3 nitrogen and oxygen atoms in total. The Hall–Kier alpha value is -1.51. The first-order valence-corrected chi connectivity index (χ1v) is 5.05. The third-order valence-electron chi connectivity index (χ3n) is 2.81. The van der Waals surface area contributed by atoms with Crippen LogP contribution in [0.5, 0.6) is 0 Å². The highest BCUT2D eigenvalue weighted by atomic mass is 16.3. The van der Waals surface area contributed by atoms with Gasteiger partial charge in [-0.15, -0.1) is 0 Å². The molecule has 0 fully saturated rings. The summed E-state index contributed by atoms with van der Waals surface area (Å²) in [5.41, 5.74) is 3.65. The van der Waals surface area contributed by atoms with E-state index in [0.717, 1.165) is 24.3 Å². The predicted molar refractivity (Wildman–Crippen MR) is 52.9 cm³/mol. The van der Waals surface area contributed by atoms with Gasteiger partial charge < -0.3 is 4.42 Å². The first-order chi connectivity index (χ1) is 6.95.